The number of nitrogens with one attached hydrogen (secondary N) is 1. The van der Waals surface area contributed by atoms with E-state index in [0.29, 0.717) is 21.5 Å². The van der Waals surface area contributed by atoms with Crippen LogP contribution >= 0.6 is 23.2 Å². The molecule has 0 saturated carbocycles. The zero-order chi connectivity index (χ0) is 13.1. The highest BCUT2D eigenvalue weighted by Crippen LogP contribution is 2.23. The van der Waals surface area contributed by atoms with Gasteiger partial charge in [0.1, 0.15) is 6.61 Å². The normalized spacial score (nSPS) is 10.4. The van der Waals surface area contributed by atoms with Crippen molar-refractivity contribution in [2.45, 2.75) is 13.5 Å². The van der Waals surface area contributed by atoms with E-state index in [1.54, 1.807) is 31.3 Å². The molecular formula is C13H11Cl2NO2. The van der Waals surface area contributed by atoms with Gasteiger partial charge in [-0.1, -0.05) is 29.3 Å². The highest BCUT2D eigenvalue weighted by Gasteiger charge is 2.06. The molecule has 5 heteroatoms. The summed E-state index contributed by atoms with van der Waals surface area (Å²) in [6.07, 6.45) is 1.59. The van der Waals surface area contributed by atoms with Crippen LogP contribution in [0.3, 0.4) is 0 Å². The highest BCUT2D eigenvalue weighted by atomic mass is 35.5. The number of aromatic amines is 1. The molecule has 1 aromatic heterocycles. The summed E-state index contributed by atoms with van der Waals surface area (Å²) in [5.74, 6) is 0.323. The van der Waals surface area contributed by atoms with Gasteiger partial charge in [0.05, 0.1) is 15.7 Å². The zero-order valence-corrected chi connectivity index (χ0v) is 11.2. The van der Waals surface area contributed by atoms with Crippen molar-refractivity contribution >= 4 is 23.2 Å². The van der Waals surface area contributed by atoms with Gasteiger partial charge in [0.2, 0.25) is 5.43 Å². The van der Waals surface area contributed by atoms with Gasteiger partial charge < -0.3 is 9.72 Å². The number of ether oxygens (including phenoxy) is 1. The van der Waals surface area contributed by atoms with Crippen molar-refractivity contribution in [3.8, 4) is 5.75 Å². The number of halogens is 2. The molecule has 0 aliphatic heterocycles. The number of rotatable bonds is 3. The van der Waals surface area contributed by atoms with Crippen LogP contribution in [0.15, 0.2) is 35.3 Å². The third kappa shape index (κ3) is 2.86. The Hall–Kier alpha value is -1.45. The van der Waals surface area contributed by atoms with Crippen molar-refractivity contribution in [3.05, 3.63) is 62.0 Å². The van der Waals surface area contributed by atoms with E-state index >= 15 is 0 Å². The van der Waals surface area contributed by atoms with Crippen LogP contribution in [0.5, 0.6) is 5.75 Å². The second kappa shape index (κ2) is 5.46. The summed E-state index contributed by atoms with van der Waals surface area (Å²) in [4.78, 5) is 14.5. The third-order valence-corrected chi connectivity index (χ3v) is 3.21. The minimum Gasteiger partial charge on any atom is -0.483 e. The molecule has 18 heavy (non-hydrogen) atoms. The van der Waals surface area contributed by atoms with Crippen LogP contribution in [0.2, 0.25) is 10.0 Å². The van der Waals surface area contributed by atoms with E-state index in [-0.39, 0.29) is 12.0 Å². The maximum atomic E-state index is 11.6. The fraction of sp³-hybridized carbons (Fsp3) is 0.154. The van der Waals surface area contributed by atoms with E-state index in [1.165, 1.54) is 6.07 Å². The lowest BCUT2D eigenvalue weighted by molar-refractivity contribution is 0.299. The first-order valence-corrected chi connectivity index (χ1v) is 6.08. The van der Waals surface area contributed by atoms with Crippen molar-refractivity contribution in [2.75, 3.05) is 0 Å². The Morgan fingerprint density at radius 2 is 2.00 bits per heavy atom. The molecule has 1 N–H and O–H groups in total. The molecule has 0 unspecified atom stereocenters. The SMILES string of the molecule is Cc1[nH]ccc(=O)c1OCc1ccc(Cl)c(Cl)c1. The standard InChI is InChI=1S/C13H11Cl2NO2/c1-8-13(12(17)4-5-16-8)18-7-9-2-3-10(14)11(15)6-9/h2-6H,7H2,1H3,(H,16,17). The average molecular weight is 284 g/mol. The lowest BCUT2D eigenvalue weighted by Gasteiger charge is -2.08. The summed E-state index contributed by atoms with van der Waals surface area (Å²) in [6, 6.07) is 6.65. The van der Waals surface area contributed by atoms with Crippen molar-refractivity contribution in [2.24, 2.45) is 0 Å². The number of pyridine rings is 1. The van der Waals surface area contributed by atoms with Gasteiger partial charge in [-0.2, -0.15) is 0 Å². The van der Waals surface area contributed by atoms with Crippen LogP contribution in [0, 0.1) is 6.92 Å². The molecule has 0 amide bonds. The lowest BCUT2D eigenvalue weighted by atomic mass is 10.2. The van der Waals surface area contributed by atoms with E-state index in [2.05, 4.69) is 4.98 Å². The van der Waals surface area contributed by atoms with Gasteiger partial charge in [-0.25, -0.2) is 0 Å². The van der Waals surface area contributed by atoms with Crippen molar-refractivity contribution in [1.29, 1.82) is 0 Å². The van der Waals surface area contributed by atoms with Gasteiger partial charge in [0, 0.05) is 12.3 Å². The van der Waals surface area contributed by atoms with Gasteiger partial charge in [-0.05, 0) is 24.6 Å². The van der Waals surface area contributed by atoms with Crippen LogP contribution in [-0.4, -0.2) is 4.98 Å². The molecule has 1 heterocycles. The average Bonchev–Trinajstić information content (AvgIpc) is 2.33. The minimum atomic E-state index is -0.147. The number of aromatic nitrogens is 1. The molecule has 2 aromatic rings. The summed E-state index contributed by atoms with van der Waals surface area (Å²) in [6.45, 7) is 2.05. The fourth-order valence-corrected chi connectivity index (χ4v) is 1.85. The van der Waals surface area contributed by atoms with E-state index in [1.807, 2.05) is 0 Å². The molecule has 0 aliphatic carbocycles. The van der Waals surface area contributed by atoms with Gasteiger partial charge in [0.25, 0.3) is 0 Å². The van der Waals surface area contributed by atoms with Crippen LogP contribution in [0.4, 0.5) is 0 Å². The van der Waals surface area contributed by atoms with Gasteiger partial charge in [0.15, 0.2) is 5.75 Å². The molecule has 0 bridgehead atoms. The van der Waals surface area contributed by atoms with Crippen molar-refractivity contribution in [3.63, 3.8) is 0 Å². The summed E-state index contributed by atoms with van der Waals surface area (Å²) in [5, 5.41) is 0.964. The predicted octanol–water partition coefficient (Wildman–Crippen LogP) is 3.57. The van der Waals surface area contributed by atoms with Crippen molar-refractivity contribution in [1.82, 2.24) is 4.98 Å². The van der Waals surface area contributed by atoms with Crippen LogP contribution in [0.25, 0.3) is 0 Å². The number of hydrogen-bond donors (Lipinski definition) is 1. The number of benzene rings is 1. The highest BCUT2D eigenvalue weighted by molar-refractivity contribution is 6.42. The summed E-state index contributed by atoms with van der Waals surface area (Å²) in [5.41, 5.74) is 1.40. The van der Waals surface area contributed by atoms with Crippen LogP contribution in [-0.2, 0) is 6.61 Å². The Bertz CT molecular complexity index is 623. The lowest BCUT2D eigenvalue weighted by Crippen LogP contribution is -2.09. The first kappa shape index (κ1) is 13.0. The molecule has 0 fully saturated rings. The van der Waals surface area contributed by atoms with E-state index in [0.717, 1.165) is 5.56 Å². The zero-order valence-electron chi connectivity index (χ0n) is 9.67. The van der Waals surface area contributed by atoms with E-state index < -0.39 is 0 Å². The minimum absolute atomic E-state index is 0.147. The van der Waals surface area contributed by atoms with Gasteiger partial charge in [-0.15, -0.1) is 0 Å². The molecular weight excluding hydrogens is 273 g/mol. The fourth-order valence-electron chi connectivity index (χ4n) is 1.53. The Morgan fingerprint density at radius 1 is 1.22 bits per heavy atom. The van der Waals surface area contributed by atoms with E-state index in [9.17, 15) is 4.79 Å². The summed E-state index contributed by atoms with van der Waals surface area (Å²) < 4.78 is 5.50. The maximum Gasteiger partial charge on any atom is 0.223 e. The molecule has 0 atom stereocenters. The first-order chi connectivity index (χ1) is 8.58. The van der Waals surface area contributed by atoms with Gasteiger partial charge >= 0.3 is 0 Å². The van der Waals surface area contributed by atoms with Gasteiger partial charge in [-0.3, -0.25) is 4.79 Å². The Balaban J connectivity index is 2.16. The molecule has 2 rings (SSSR count). The van der Waals surface area contributed by atoms with E-state index in [4.69, 9.17) is 27.9 Å². The number of aryl methyl sites for hydroxylation is 1. The molecule has 3 nitrogen and oxygen atoms in total. The monoisotopic (exact) mass is 283 g/mol. The largest absolute Gasteiger partial charge is 0.483 e. The quantitative estimate of drug-likeness (QED) is 0.936. The molecule has 0 spiro atoms. The third-order valence-electron chi connectivity index (χ3n) is 2.47. The second-order valence-electron chi connectivity index (χ2n) is 3.83. The molecule has 0 radical (unpaired) electrons. The predicted molar refractivity (Wildman–Crippen MR) is 72.6 cm³/mol. The van der Waals surface area contributed by atoms with Crippen LogP contribution < -0.4 is 10.2 Å². The Kier molecular flexibility index (Phi) is 3.94. The maximum absolute atomic E-state index is 11.6. The Morgan fingerprint density at radius 3 is 2.67 bits per heavy atom. The summed E-state index contributed by atoms with van der Waals surface area (Å²) >= 11 is 11.7. The van der Waals surface area contributed by atoms with Crippen LogP contribution in [0.1, 0.15) is 11.3 Å². The topological polar surface area (TPSA) is 42.1 Å². The smallest absolute Gasteiger partial charge is 0.223 e. The molecule has 0 saturated heterocycles. The molecule has 1 aromatic carbocycles. The molecule has 94 valence electrons. The summed E-state index contributed by atoms with van der Waals surface area (Å²) in [7, 11) is 0. The second-order valence-corrected chi connectivity index (χ2v) is 4.65. The first-order valence-electron chi connectivity index (χ1n) is 5.33. The van der Waals surface area contributed by atoms with Crippen molar-refractivity contribution < 1.29 is 4.74 Å². The number of hydrogen-bond acceptors (Lipinski definition) is 2. The number of H-pyrrole nitrogens is 1. The Labute approximate surface area is 114 Å². The molecule has 0 aliphatic rings.